The molecule has 1 amide bonds. The monoisotopic (exact) mass is 279 g/mol. The number of amides is 1. The lowest BCUT2D eigenvalue weighted by molar-refractivity contribution is -0.148. The molecule has 2 heterocycles. The highest BCUT2D eigenvalue weighted by molar-refractivity contribution is 5.99. The van der Waals surface area contributed by atoms with E-state index in [1.54, 1.807) is 19.9 Å². The smallest absolute Gasteiger partial charge is 0.329 e. The molecule has 1 saturated heterocycles. The standard InChI is InChI=1S/C15H21NO4/c1-4-6-15(14(18)19)7-5-8-16(15)13(17)12-9-10(2)20-11(12)3/h9H,4-8H2,1-3H3,(H,18,19). The molecule has 0 saturated carbocycles. The number of nitrogens with zero attached hydrogens (tertiary/aromatic N) is 1. The average molecular weight is 279 g/mol. The van der Waals surface area contributed by atoms with Gasteiger partial charge in [0, 0.05) is 6.54 Å². The van der Waals surface area contributed by atoms with Crippen molar-refractivity contribution < 1.29 is 19.1 Å². The van der Waals surface area contributed by atoms with E-state index in [0.29, 0.717) is 36.5 Å². The van der Waals surface area contributed by atoms with E-state index in [4.69, 9.17) is 4.42 Å². The van der Waals surface area contributed by atoms with Gasteiger partial charge in [0.05, 0.1) is 5.56 Å². The summed E-state index contributed by atoms with van der Waals surface area (Å²) in [4.78, 5) is 25.9. The van der Waals surface area contributed by atoms with E-state index in [9.17, 15) is 14.7 Å². The number of rotatable bonds is 4. The maximum atomic E-state index is 12.7. The molecule has 0 radical (unpaired) electrons. The summed E-state index contributed by atoms with van der Waals surface area (Å²) in [6.45, 7) is 5.95. The first kappa shape index (κ1) is 14.6. The second-order valence-corrected chi connectivity index (χ2v) is 5.47. The first-order chi connectivity index (χ1) is 9.42. The Balaban J connectivity index is 2.37. The lowest BCUT2D eigenvalue weighted by atomic mass is 9.90. The number of carboxylic acids is 1. The Labute approximate surface area is 118 Å². The maximum absolute atomic E-state index is 12.7. The summed E-state index contributed by atoms with van der Waals surface area (Å²) in [6, 6.07) is 1.69. The minimum absolute atomic E-state index is 0.229. The van der Waals surface area contributed by atoms with Gasteiger partial charge in [0.2, 0.25) is 0 Å². The highest BCUT2D eigenvalue weighted by atomic mass is 16.4. The van der Waals surface area contributed by atoms with Crippen LogP contribution < -0.4 is 0 Å². The predicted molar refractivity (Wildman–Crippen MR) is 73.7 cm³/mol. The van der Waals surface area contributed by atoms with E-state index >= 15 is 0 Å². The molecule has 2 rings (SSSR count). The number of hydrogen-bond donors (Lipinski definition) is 1. The third kappa shape index (κ3) is 2.21. The van der Waals surface area contributed by atoms with Crippen molar-refractivity contribution in [3.05, 3.63) is 23.2 Å². The molecule has 1 atom stereocenters. The van der Waals surface area contributed by atoms with Crippen LogP contribution in [-0.2, 0) is 4.79 Å². The minimum Gasteiger partial charge on any atom is -0.479 e. The van der Waals surface area contributed by atoms with Crippen LogP contribution in [0, 0.1) is 13.8 Å². The van der Waals surface area contributed by atoms with Crippen LogP contribution in [0.4, 0.5) is 0 Å². The summed E-state index contributed by atoms with van der Waals surface area (Å²) in [7, 11) is 0. The molecule has 20 heavy (non-hydrogen) atoms. The normalized spacial score (nSPS) is 22.2. The third-order valence-electron chi connectivity index (χ3n) is 4.07. The molecule has 5 nitrogen and oxygen atoms in total. The van der Waals surface area contributed by atoms with Crippen molar-refractivity contribution in [2.75, 3.05) is 6.54 Å². The lowest BCUT2D eigenvalue weighted by Gasteiger charge is -2.34. The molecule has 0 bridgehead atoms. The molecule has 1 aliphatic rings. The average Bonchev–Trinajstić information content (AvgIpc) is 2.93. The molecule has 1 N–H and O–H groups in total. The number of aliphatic carboxylic acids is 1. The predicted octanol–water partition coefficient (Wildman–Crippen LogP) is 2.76. The SMILES string of the molecule is CCCC1(C(=O)O)CCCN1C(=O)c1cc(C)oc1C. The maximum Gasteiger partial charge on any atom is 0.329 e. The van der Waals surface area contributed by atoms with Crippen molar-refractivity contribution in [2.24, 2.45) is 0 Å². The summed E-state index contributed by atoms with van der Waals surface area (Å²) in [5.74, 6) is 0.0902. The van der Waals surface area contributed by atoms with Gasteiger partial charge in [-0.3, -0.25) is 4.79 Å². The topological polar surface area (TPSA) is 70.8 Å². The molecule has 1 aromatic rings. The Morgan fingerprint density at radius 2 is 2.15 bits per heavy atom. The van der Waals surface area contributed by atoms with E-state index in [-0.39, 0.29) is 5.91 Å². The van der Waals surface area contributed by atoms with Gasteiger partial charge in [-0.1, -0.05) is 13.3 Å². The molecule has 1 aromatic heterocycles. The van der Waals surface area contributed by atoms with Gasteiger partial charge < -0.3 is 14.4 Å². The van der Waals surface area contributed by atoms with Gasteiger partial charge in [-0.2, -0.15) is 0 Å². The zero-order valence-electron chi connectivity index (χ0n) is 12.2. The first-order valence-corrected chi connectivity index (χ1v) is 7.05. The second-order valence-electron chi connectivity index (χ2n) is 5.47. The fraction of sp³-hybridized carbons (Fsp3) is 0.600. The number of hydrogen-bond acceptors (Lipinski definition) is 3. The van der Waals surface area contributed by atoms with Crippen molar-refractivity contribution in [3.63, 3.8) is 0 Å². The van der Waals surface area contributed by atoms with E-state index in [0.717, 1.165) is 12.8 Å². The van der Waals surface area contributed by atoms with Crippen LogP contribution in [0.15, 0.2) is 10.5 Å². The Kier molecular flexibility index (Phi) is 3.88. The molecular formula is C15H21NO4. The van der Waals surface area contributed by atoms with Crippen LogP contribution in [0.25, 0.3) is 0 Å². The largest absolute Gasteiger partial charge is 0.479 e. The number of likely N-dealkylation sites (tertiary alicyclic amines) is 1. The number of carbonyl (C=O) groups is 2. The molecule has 1 aliphatic heterocycles. The van der Waals surface area contributed by atoms with Crippen LogP contribution >= 0.6 is 0 Å². The molecular weight excluding hydrogens is 258 g/mol. The summed E-state index contributed by atoms with van der Waals surface area (Å²) in [5, 5.41) is 9.62. The van der Waals surface area contributed by atoms with Crippen LogP contribution in [0.1, 0.15) is 54.5 Å². The van der Waals surface area contributed by atoms with Crippen LogP contribution in [-0.4, -0.2) is 34.0 Å². The summed E-state index contributed by atoms with van der Waals surface area (Å²) in [5.41, 5.74) is -0.574. The van der Waals surface area contributed by atoms with E-state index in [1.807, 2.05) is 6.92 Å². The van der Waals surface area contributed by atoms with Crippen molar-refractivity contribution in [2.45, 2.75) is 52.0 Å². The summed E-state index contributed by atoms with van der Waals surface area (Å²) in [6.07, 6.45) is 2.48. The van der Waals surface area contributed by atoms with Crippen LogP contribution in [0.2, 0.25) is 0 Å². The van der Waals surface area contributed by atoms with Gasteiger partial charge >= 0.3 is 5.97 Å². The third-order valence-corrected chi connectivity index (χ3v) is 4.07. The van der Waals surface area contributed by atoms with Gasteiger partial charge in [-0.05, 0) is 39.2 Å². The number of carbonyl (C=O) groups excluding carboxylic acids is 1. The highest BCUT2D eigenvalue weighted by Crippen LogP contribution is 2.35. The Morgan fingerprint density at radius 1 is 1.45 bits per heavy atom. The highest BCUT2D eigenvalue weighted by Gasteiger charge is 2.49. The van der Waals surface area contributed by atoms with E-state index < -0.39 is 11.5 Å². The van der Waals surface area contributed by atoms with Gasteiger partial charge in [0.1, 0.15) is 17.1 Å². The van der Waals surface area contributed by atoms with Crippen molar-refractivity contribution in [1.29, 1.82) is 0 Å². The quantitative estimate of drug-likeness (QED) is 0.920. The fourth-order valence-corrected chi connectivity index (χ4v) is 3.17. The second kappa shape index (κ2) is 5.31. The minimum atomic E-state index is -1.05. The van der Waals surface area contributed by atoms with Crippen molar-refractivity contribution in [3.8, 4) is 0 Å². The lowest BCUT2D eigenvalue weighted by Crippen LogP contribution is -2.53. The molecule has 5 heteroatoms. The molecule has 0 aromatic carbocycles. The molecule has 0 aliphatic carbocycles. The molecule has 110 valence electrons. The van der Waals surface area contributed by atoms with E-state index in [2.05, 4.69) is 0 Å². The molecule has 0 spiro atoms. The van der Waals surface area contributed by atoms with Gasteiger partial charge in [0.25, 0.3) is 5.91 Å². The van der Waals surface area contributed by atoms with Gasteiger partial charge in [0.15, 0.2) is 0 Å². The van der Waals surface area contributed by atoms with Crippen LogP contribution in [0.3, 0.4) is 0 Å². The fourth-order valence-electron chi connectivity index (χ4n) is 3.17. The number of furan rings is 1. The van der Waals surface area contributed by atoms with Gasteiger partial charge in [-0.15, -0.1) is 0 Å². The van der Waals surface area contributed by atoms with Crippen molar-refractivity contribution in [1.82, 2.24) is 4.90 Å². The van der Waals surface area contributed by atoms with Crippen LogP contribution in [0.5, 0.6) is 0 Å². The van der Waals surface area contributed by atoms with Gasteiger partial charge in [-0.25, -0.2) is 4.79 Å². The number of carboxylic acid groups (broad SMARTS) is 1. The Hall–Kier alpha value is -1.78. The van der Waals surface area contributed by atoms with E-state index in [1.165, 1.54) is 4.90 Å². The summed E-state index contributed by atoms with van der Waals surface area (Å²) < 4.78 is 5.39. The number of aryl methyl sites for hydroxylation is 2. The first-order valence-electron chi connectivity index (χ1n) is 7.05. The Morgan fingerprint density at radius 3 is 2.65 bits per heavy atom. The molecule has 1 unspecified atom stereocenters. The molecule has 1 fully saturated rings. The zero-order chi connectivity index (χ0) is 14.9. The van der Waals surface area contributed by atoms with Crippen molar-refractivity contribution >= 4 is 11.9 Å². The summed E-state index contributed by atoms with van der Waals surface area (Å²) >= 11 is 0. The zero-order valence-corrected chi connectivity index (χ0v) is 12.2. The Bertz CT molecular complexity index is 534.